The molecule has 1 saturated heterocycles. The Balaban J connectivity index is 1.59. The predicted octanol–water partition coefficient (Wildman–Crippen LogP) is 3.80. The highest BCUT2D eigenvalue weighted by atomic mass is 35.5. The highest BCUT2D eigenvalue weighted by molar-refractivity contribution is 6.31. The van der Waals surface area contributed by atoms with Crippen molar-refractivity contribution in [2.75, 3.05) is 26.2 Å². The molecule has 0 bridgehead atoms. The van der Waals surface area contributed by atoms with Gasteiger partial charge in [-0.15, -0.1) is 0 Å². The Morgan fingerprint density at radius 2 is 2.12 bits per heavy atom. The third-order valence-electron chi connectivity index (χ3n) is 4.44. The third kappa shape index (κ3) is 6.33. The first-order chi connectivity index (χ1) is 11.6. The smallest absolute Gasteiger partial charge is 0.220 e. The van der Waals surface area contributed by atoms with Gasteiger partial charge in [0.2, 0.25) is 5.91 Å². The summed E-state index contributed by atoms with van der Waals surface area (Å²) < 4.78 is 5.68. The normalized spacial score (nSPS) is 16.1. The first-order valence-electron chi connectivity index (χ1n) is 8.99. The van der Waals surface area contributed by atoms with Gasteiger partial charge in [0.05, 0.1) is 6.61 Å². The summed E-state index contributed by atoms with van der Waals surface area (Å²) in [5, 5.41) is 3.90. The minimum absolute atomic E-state index is 0.139. The van der Waals surface area contributed by atoms with E-state index < -0.39 is 0 Å². The molecule has 0 radical (unpaired) electrons. The topological polar surface area (TPSA) is 41.6 Å². The highest BCUT2D eigenvalue weighted by Crippen LogP contribution is 2.21. The van der Waals surface area contributed by atoms with Crippen molar-refractivity contribution < 1.29 is 9.53 Å². The summed E-state index contributed by atoms with van der Waals surface area (Å²) >= 11 is 5.99. The second-order valence-electron chi connectivity index (χ2n) is 6.55. The van der Waals surface area contributed by atoms with E-state index in [1.807, 2.05) is 25.1 Å². The molecule has 0 atom stereocenters. The number of nitrogens with one attached hydrogen (secondary N) is 1. The average Bonchev–Trinajstić information content (AvgIpc) is 2.57. The van der Waals surface area contributed by atoms with Crippen LogP contribution in [0.1, 0.15) is 44.6 Å². The van der Waals surface area contributed by atoms with Gasteiger partial charge in [0.15, 0.2) is 0 Å². The molecule has 1 aromatic carbocycles. The maximum absolute atomic E-state index is 12.0. The molecule has 1 amide bonds. The summed E-state index contributed by atoms with van der Waals surface area (Å²) in [5.74, 6) is 0.945. The molecule has 0 unspecified atom stereocenters. The number of hydrogen-bond donors (Lipinski definition) is 1. The lowest BCUT2D eigenvalue weighted by Gasteiger charge is -2.32. The average molecular weight is 353 g/mol. The van der Waals surface area contributed by atoms with Crippen LogP contribution in [0.3, 0.4) is 0 Å². The van der Waals surface area contributed by atoms with Gasteiger partial charge < -0.3 is 15.0 Å². The van der Waals surface area contributed by atoms with Gasteiger partial charge in [-0.3, -0.25) is 4.79 Å². The van der Waals surface area contributed by atoms with Crippen LogP contribution in [0.2, 0.25) is 5.02 Å². The molecule has 4 nitrogen and oxygen atoms in total. The van der Waals surface area contributed by atoms with Crippen LogP contribution < -0.4 is 10.1 Å². The lowest BCUT2D eigenvalue weighted by Crippen LogP contribution is -2.44. The Morgan fingerprint density at radius 1 is 1.38 bits per heavy atom. The maximum Gasteiger partial charge on any atom is 0.220 e. The van der Waals surface area contributed by atoms with Gasteiger partial charge in [-0.1, -0.05) is 18.5 Å². The fourth-order valence-electron chi connectivity index (χ4n) is 3.05. The molecule has 1 heterocycles. The summed E-state index contributed by atoms with van der Waals surface area (Å²) in [6.07, 6.45) is 4.56. The van der Waals surface area contributed by atoms with Gasteiger partial charge in [-0.05, 0) is 62.9 Å². The number of aryl methyl sites for hydroxylation is 1. The molecule has 0 aliphatic carbocycles. The Morgan fingerprint density at radius 3 is 2.79 bits per heavy atom. The van der Waals surface area contributed by atoms with E-state index in [4.69, 9.17) is 16.3 Å². The van der Waals surface area contributed by atoms with E-state index in [1.165, 1.54) is 13.0 Å². The van der Waals surface area contributed by atoms with Crippen LogP contribution in [0.25, 0.3) is 0 Å². The van der Waals surface area contributed by atoms with Crippen LogP contribution in [0.15, 0.2) is 18.2 Å². The number of piperidine rings is 1. The first kappa shape index (κ1) is 19.1. The zero-order chi connectivity index (χ0) is 17.4. The van der Waals surface area contributed by atoms with Crippen molar-refractivity contribution in [2.24, 2.45) is 0 Å². The van der Waals surface area contributed by atoms with Crippen LogP contribution in [-0.4, -0.2) is 43.1 Å². The number of ether oxygens (including phenoxy) is 1. The fourth-order valence-corrected chi connectivity index (χ4v) is 3.16. The minimum atomic E-state index is 0.139. The number of halogens is 1. The van der Waals surface area contributed by atoms with Gasteiger partial charge in [-0.25, -0.2) is 0 Å². The van der Waals surface area contributed by atoms with Crippen LogP contribution >= 0.6 is 11.6 Å². The molecule has 134 valence electrons. The number of hydrogen-bond acceptors (Lipinski definition) is 3. The minimum Gasteiger partial charge on any atom is -0.494 e. The molecule has 1 N–H and O–H groups in total. The van der Waals surface area contributed by atoms with Crippen molar-refractivity contribution in [3.05, 3.63) is 28.8 Å². The largest absolute Gasteiger partial charge is 0.494 e. The molecule has 1 aliphatic rings. The van der Waals surface area contributed by atoms with Gasteiger partial charge in [0, 0.05) is 30.6 Å². The SMILES string of the molecule is CCCN1CCC(NC(=O)CCCOc2ccc(Cl)c(C)c2)CC1. The summed E-state index contributed by atoms with van der Waals surface area (Å²) in [6, 6.07) is 5.96. The van der Waals surface area contributed by atoms with E-state index in [9.17, 15) is 4.79 Å². The second kappa shape index (κ2) is 9.90. The molecule has 24 heavy (non-hydrogen) atoms. The molecule has 2 rings (SSSR count). The molecule has 0 aromatic heterocycles. The van der Waals surface area contributed by atoms with Gasteiger partial charge in [0.1, 0.15) is 5.75 Å². The van der Waals surface area contributed by atoms with Crippen molar-refractivity contribution in [1.29, 1.82) is 0 Å². The number of rotatable bonds is 8. The molecule has 1 aromatic rings. The Hall–Kier alpha value is -1.26. The van der Waals surface area contributed by atoms with Gasteiger partial charge in [-0.2, -0.15) is 0 Å². The maximum atomic E-state index is 12.0. The van der Waals surface area contributed by atoms with Gasteiger partial charge in [0.25, 0.3) is 0 Å². The quantitative estimate of drug-likeness (QED) is 0.723. The first-order valence-corrected chi connectivity index (χ1v) is 9.37. The molecule has 1 aliphatic heterocycles. The number of likely N-dealkylation sites (tertiary alicyclic amines) is 1. The van der Waals surface area contributed by atoms with Crippen molar-refractivity contribution in [3.8, 4) is 5.75 Å². The molecular formula is C19H29ClN2O2. The molecule has 0 spiro atoms. The van der Waals surface area contributed by atoms with Crippen LogP contribution in [-0.2, 0) is 4.79 Å². The van der Waals surface area contributed by atoms with E-state index >= 15 is 0 Å². The van der Waals surface area contributed by atoms with Crippen molar-refractivity contribution in [1.82, 2.24) is 10.2 Å². The third-order valence-corrected chi connectivity index (χ3v) is 4.86. The lowest BCUT2D eigenvalue weighted by atomic mass is 10.0. The summed E-state index contributed by atoms with van der Waals surface area (Å²) in [5.41, 5.74) is 1.00. The number of amides is 1. The van der Waals surface area contributed by atoms with Crippen molar-refractivity contribution in [2.45, 2.75) is 52.0 Å². The zero-order valence-electron chi connectivity index (χ0n) is 14.8. The highest BCUT2D eigenvalue weighted by Gasteiger charge is 2.19. The van der Waals surface area contributed by atoms with Gasteiger partial charge >= 0.3 is 0 Å². The summed E-state index contributed by atoms with van der Waals surface area (Å²) in [6.45, 7) is 8.07. The second-order valence-corrected chi connectivity index (χ2v) is 6.95. The van der Waals surface area contributed by atoms with Crippen LogP contribution in [0, 0.1) is 6.92 Å². The Bertz CT molecular complexity index is 528. The molecule has 1 fully saturated rings. The summed E-state index contributed by atoms with van der Waals surface area (Å²) in [4.78, 5) is 14.5. The number of carbonyl (C=O) groups excluding carboxylic acids is 1. The van der Waals surface area contributed by atoms with E-state index in [0.717, 1.165) is 48.7 Å². The van der Waals surface area contributed by atoms with E-state index in [0.29, 0.717) is 19.1 Å². The monoisotopic (exact) mass is 352 g/mol. The number of benzene rings is 1. The Labute approximate surface area is 150 Å². The van der Waals surface area contributed by atoms with E-state index in [-0.39, 0.29) is 5.91 Å². The van der Waals surface area contributed by atoms with Crippen LogP contribution in [0.5, 0.6) is 5.75 Å². The standard InChI is InChI=1S/C19H29ClN2O2/c1-3-10-22-11-8-16(9-12-22)21-19(23)5-4-13-24-17-6-7-18(20)15(2)14-17/h6-7,14,16H,3-5,8-13H2,1-2H3,(H,21,23). The molecule has 0 saturated carbocycles. The zero-order valence-corrected chi connectivity index (χ0v) is 15.6. The van der Waals surface area contributed by atoms with Crippen LogP contribution in [0.4, 0.5) is 0 Å². The number of nitrogens with zero attached hydrogens (tertiary/aromatic N) is 1. The van der Waals surface area contributed by atoms with Crippen molar-refractivity contribution >= 4 is 17.5 Å². The fraction of sp³-hybridized carbons (Fsp3) is 0.632. The van der Waals surface area contributed by atoms with Crippen molar-refractivity contribution in [3.63, 3.8) is 0 Å². The number of carbonyl (C=O) groups is 1. The van der Waals surface area contributed by atoms with E-state index in [2.05, 4.69) is 17.1 Å². The predicted molar refractivity (Wildman–Crippen MR) is 98.8 cm³/mol. The Kier molecular flexibility index (Phi) is 7.86. The summed E-state index contributed by atoms with van der Waals surface area (Å²) in [7, 11) is 0. The molecular weight excluding hydrogens is 324 g/mol. The lowest BCUT2D eigenvalue weighted by molar-refractivity contribution is -0.122. The molecule has 5 heteroatoms. The van der Waals surface area contributed by atoms with E-state index in [1.54, 1.807) is 0 Å².